The SMILES string of the molecule is O=C(O)C(F)(F)F.O=C1CN(c2nc(NCC(c3ccccc3)c3ccccc3)c3ncn([C@@H]4O[C@H](CO)[C@@H](O)[C@H]4O)c3n2)CCN1. The number of anilines is 2. The number of aliphatic hydroxyl groups excluding tert-OH is 3. The second kappa shape index (κ2) is 14.3. The van der Waals surface area contributed by atoms with Crippen LogP contribution in [0.2, 0.25) is 0 Å². The van der Waals surface area contributed by atoms with Crippen molar-refractivity contribution < 1.29 is 47.9 Å². The standard InChI is InChI=1S/C28H31N7O5.C2HF3O2/c36-15-20-23(38)24(39)27(40-20)35-16-31-22-25(32-28(33-26(22)35)34-12-11-29-21(37)14-34)30-13-19(17-7-3-1-4-8-17)18-9-5-2-6-10-18;3-2(4,5)1(6)7/h1-10,16,19-20,23-24,27,36,38-39H,11-15H2,(H,29,37)(H,30,32,33);(H,6,7)/t20-,23-,24-,27-;/m1./s1. The molecule has 4 heterocycles. The van der Waals surface area contributed by atoms with Gasteiger partial charge in [0.25, 0.3) is 0 Å². The first-order valence-corrected chi connectivity index (χ1v) is 14.5. The largest absolute Gasteiger partial charge is 0.490 e. The van der Waals surface area contributed by atoms with Gasteiger partial charge in [-0.25, -0.2) is 9.78 Å². The fourth-order valence-electron chi connectivity index (χ4n) is 5.27. The molecule has 2 fully saturated rings. The Labute approximate surface area is 265 Å². The Hall–Kier alpha value is -4.84. The smallest absolute Gasteiger partial charge is 0.475 e. The summed E-state index contributed by atoms with van der Waals surface area (Å²) in [6.45, 7) is 1.14. The van der Waals surface area contributed by atoms with Crippen molar-refractivity contribution >= 4 is 34.8 Å². The van der Waals surface area contributed by atoms with Crippen LogP contribution in [0.1, 0.15) is 23.3 Å². The molecule has 0 radical (unpaired) electrons. The summed E-state index contributed by atoms with van der Waals surface area (Å²) in [5.74, 6) is -2.08. The first kappa shape index (κ1) is 33.5. The van der Waals surface area contributed by atoms with E-state index in [1.54, 1.807) is 4.90 Å². The van der Waals surface area contributed by atoms with E-state index < -0.39 is 43.3 Å². The number of piperazine rings is 1. The zero-order valence-corrected chi connectivity index (χ0v) is 24.7. The number of alkyl halides is 3. The summed E-state index contributed by atoms with van der Waals surface area (Å²) in [5.41, 5.74) is 3.08. The fraction of sp³-hybridized carbons (Fsp3) is 0.367. The maximum atomic E-state index is 12.2. The second-order valence-corrected chi connectivity index (χ2v) is 10.8. The third kappa shape index (κ3) is 7.60. The number of rotatable bonds is 8. The molecule has 2 aliphatic heterocycles. The minimum absolute atomic E-state index is 0.0131. The lowest BCUT2D eigenvalue weighted by molar-refractivity contribution is -0.192. The second-order valence-electron chi connectivity index (χ2n) is 10.8. The highest BCUT2D eigenvalue weighted by molar-refractivity contribution is 5.86. The van der Waals surface area contributed by atoms with Crippen molar-refractivity contribution in [3.63, 3.8) is 0 Å². The van der Waals surface area contributed by atoms with Crippen LogP contribution < -0.4 is 15.5 Å². The molecular formula is C30H32F3N7O7. The number of amides is 1. The number of benzene rings is 2. The van der Waals surface area contributed by atoms with Crippen LogP contribution >= 0.6 is 0 Å². The molecule has 4 atom stereocenters. The van der Waals surface area contributed by atoms with Crippen molar-refractivity contribution in [3.05, 3.63) is 78.1 Å². The zero-order valence-electron chi connectivity index (χ0n) is 24.7. The molecule has 17 heteroatoms. The van der Waals surface area contributed by atoms with Gasteiger partial charge in [-0.05, 0) is 11.1 Å². The molecule has 2 aromatic carbocycles. The third-order valence-corrected chi connectivity index (χ3v) is 7.64. The van der Waals surface area contributed by atoms with Crippen molar-refractivity contribution in [1.29, 1.82) is 0 Å². The van der Waals surface area contributed by atoms with E-state index >= 15 is 0 Å². The summed E-state index contributed by atoms with van der Waals surface area (Å²) in [6.07, 6.45) is -8.14. The summed E-state index contributed by atoms with van der Waals surface area (Å²) < 4.78 is 39.0. The number of carbonyl (C=O) groups excluding carboxylic acids is 1. The van der Waals surface area contributed by atoms with E-state index in [0.29, 0.717) is 42.6 Å². The predicted molar refractivity (Wildman–Crippen MR) is 160 cm³/mol. The average Bonchev–Trinajstić information content (AvgIpc) is 3.61. The Kier molecular flexibility index (Phi) is 10.2. The molecule has 2 saturated heterocycles. The number of nitrogens with zero attached hydrogens (tertiary/aromatic N) is 5. The first-order chi connectivity index (χ1) is 22.5. The fourth-order valence-corrected chi connectivity index (χ4v) is 5.27. The molecule has 4 aromatic rings. The monoisotopic (exact) mass is 659 g/mol. The minimum atomic E-state index is -5.08. The molecule has 0 bridgehead atoms. The Morgan fingerprint density at radius 1 is 1.04 bits per heavy atom. The van der Waals surface area contributed by atoms with E-state index in [0.717, 1.165) is 11.1 Å². The Morgan fingerprint density at radius 2 is 1.66 bits per heavy atom. The highest BCUT2D eigenvalue weighted by atomic mass is 19.4. The molecule has 0 aliphatic carbocycles. The molecule has 1 amide bonds. The van der Waals surface area contributed by atoms with Crippen LogP contribution in [0.4, 0.5) is 24.9 Å². The van der Waals surface area contributed by atoms with Crippen molar-refractivity contribution in [2.24, 2.45) is 0 Å². The normalized spacial score (nSPS) is 21.3. The summed E-state index contributed by atoms with van der Waals surface area (Å²) in [6, 6.07) is 20.4. The molecule has 14 nitrogen and oxygen atoms in total. The quantitative estimate of drug-likeness (QED) is 0.159. The average molecular weight is 660 g/mol. The molecule has 47 heavy (non-hydrogen) atoms. The maximum absolute atomic E-state index is 12.2. The molecule has 6 rings (SSSR count). The van der Waals surface area contributed by atoms with Gasteiger partial charge in [0, 0.05) is 25.6 Å². The van der Waals surface area contributed by atoms with Crippen LogP contribution in [0.3, 0.4) is 0 Å². The number of aliphatic hydroxyl groups is 3. The number of aromatic nitrogens is 4. The van der Waals surface area contributed by atoms with Crippen molar-refractivity contribution in [1.82, 2.24) is 24.8 Å². The van der Waals surface area contributed by atoms with E-state index in [9.17, 15) is 33.3 Å². The highest BCUT2D eigenvalue weighted by Crippen LogP contribution is 2.34. The third-order valence-electron chi connectivity index (χ3n) is 7.64. The number of carboxylic acid groups (broad SMARTS) is 1. The molecule has 6 N–H and O–H groups in total. The molecule has 2 aromatic heterocycles. The number of imidazole rings is 1. The van der Waals surface area contributed by atoms with Crippen LogP contribution in [0.15, 0.2) is 67.0 Å². The van der Waals surface area contributed by atoms with E-state index in [2.05, 4.69) is 39.9 Å². The number of hydrogen-bond acceptors (Lipinski definition) is 11. The summed E-state index contributed by atoms with van der Waals surface area (Å²) in [4.78, 5) is 36.9. The van der Waals surface area contributed by atoms with Gasteiger partial charge in [-0.3, -0.25) is 9.36 Å². The molecule has 0 saturated carbocycles. The maximum Gasteiger partial charge on any atom is 0.490 e. The van der Waals surface area contributed by atoms with E-state index in [-0.39, 0.29) is 18.4 Å². The van der Waals surface area contributed by atoms with Gasteiger partial charge in [0.15, 0.2) is 23.2 Å². The van der Waals surface area contributed by atoms with Crippen LogP contribution in [-0.2, 0) is 14.3 Å². The molecule has 250 valence electrons. The number of halogens is 3. The lowest BCUT2D eigenvalue weighted by Gasteiger charge is -2.27. The first-order valence-electron chi connectivity index (χ1n) is 14.5. The van der Waals surface area contributed by atoms with E-state index in [1.165, 1.54) is 10.9 Å². The predicted octanol–water partition coefficient (Wildman–Crippen LogP) is 1.25. The highest BCUT2D eigenvalue weighted by Gasteiger charge is 2.44. The Bertz CT molecular complexity index is 1640. The van der Waals surface area contributed by atoms with Crippen LogP contribution in [0.25, 0.3) is 11.2 Å². The van der Waals surface area contributed by atoms with Crippen molar-refractivity contribution in [2.75, 3.05) is 43.0 Å². The topological polar surface area (TPSA) is 195 Å². The number of carboxylic acids is 1. The van der Waals surface area contributed by atoms with Crippen LogP contribution in [0.5, 0.6) is 0 Å². The summed E-state index contributed by atoms with van der Waals surface area (Å²) in [5, 5.41) is 44.0. The van der Waals surface area contributed by atoms with Gasteiger partial charge in [-0.15, -0.1) is 0 Å². The van der Waals surface area contributed by atoms with Gasteiger partial charge >= 0.3 is 12.1 Å². The number of nitrogens with one attached hydrogen (secondary N) is 2. The van der Waals surface area contributed by atoms with E-state index in [4.69, 9.17) is 24.6 Å². The lowest BCUT2D eigenvalue weighted by Crippen LogP contribution is -2.48. The minimum Gasteiger partial charge on any atom is -0.475 e. The van der Waals surface area contributed by atoms with Gasteiger partial charge in [0.1, 0.15) is 18.3 Å². The van der Waals surface area contributed by atoms with Gasteiger partial charge in [0.05, 0.1) is 19.5 Å². The zero-order chi connectivity index (χ0) is 33.7. The van der Waals surface area contributed by atoms with Crippen molar-refractivity contribution in [2.45, 2.75) is 36.6 Å². The number of fused-ring (bicyclic) bond motifs is 1. The van der Waals surface area contributed by atoms with E-state index in [1.807, 2.05) is 36.4 Å². The van der Waals surface area contributed by atoms with Gasteiger partial charge in [0.2, 0.25) is 11.9 Å². The van der Waals surface area contributed by atoms with Gasteiger partial charge in [-0.2, -0.15) is 23.1 Å². The van der Waals surface area contributed by atoms with Gasteiger partial charge < -0.3 is 40.7 Å². The Balaban J connectivity index is 0.000000559. The molecule has 0 unspecified atom stereocenters. The van der Waals surface area contributed by atoms with Crippen LogP contribution in [-0.4, -0.2) is 109 Å². The molecule has 0 spiro atoms. The summed E-state index contributed by atoms with van der Waals surface area (Å²) in [7, 11) is 0. The van der Waals surface area contributed by atoms with Gasteiger partial charge in [-0.1, -0.05) is 60.7 Å². The van der Waals surface area contributed by atoms with Crippen molar-refractivity contribution in [3.8, 4) is 0 Å². The summed E-state index contributed by atoms with van der Waals surface area (Å²) >= 11 is 0. The number of carbonyl (C=O) groups is 2. The molecular weight excluding hydrogens is 627 g/mol. The number of ether oxygens (including phenoxy) is 1. The lowest BCUT2D eigenvalue weighted by atomic mass is 9.91. The molecule has 2 aliphatic rings. The number of aliphatic carboxylic acids is 1. The Morgan fingerprint density at radius 3 is 2.19 bits per heavy atom. The number of hydrogen-bond donors (Lipinski definition) is 6. The van der Waals surface area contributed by atoms with Crippen LogP contribution in [0, 0.1) is 0 Å².